The lowest BCUT2D eigenvalue weighted by molar-refractivity contribution is -0.136. The molecule has 0 aromatic heterocycles. The molecule has 1 aliphatic heterocycles. The van der Waals surface area contributed by atoms with E-state index in [9.17, 15) is 19.1 Å². The van der Waals surface area contributed by atoms with Gasteiger partial charge in [0.15, 0.2) is 6.23 Å². The Morgan fingerprint density at radius 3 is 2.31 bits per heavy atom. The fraction of sp³-hybridized carbons (Fsp3) is 0.250. The van der Waals surface area contributed by atoms with Gasteiger partial charge < -0.3 is 19.7 Å². The first-order chi connectivity index (χ1) is 15.4. The molecule has 1 aliphatic rings. The second-order valence-corrected chi connectivity index (χ2v) is 7.29. The maximum absolute atomic E-state index is 14.1. The molecule has 0 spiro atoms. The van der Waals surface area contributed by atoms with Crippen LogP contribution in [0.4, 0.5) is 10.1 Å². The number of anilines is 1. The minimum absolute atomic E-state index is 0.121. The summed E-state index contributed by atoms with van der Waals surface area (Å²) in [6.45, 7) is 4.04. The van der Waals surface area contributed by atoms with Gasteiger partial charge >= 0.3 is 5.97 Å². The smallest absolute Gasteiger partial charge is 0.307 e. The first-order valence-electron chi connectivity index (χ1n) is 10.2. The van der Waals surface area contributed by atoms with E-state index in [1.54, 1.807) is 44.2 Å². The normalized spacial score (nSPS) is 15.2. The maximum atomic E-state index is 14.1. The summed E-state index contributed by atoms with van der Waals surface area (Å²) in [6, 6.07) is 10.4. The summed E-state index contributed by atoms with van der Waals surface area (Å²) < 4.78 is 25.7. The van der Waals surface area contributed by atoms with Crippen molar-refractivity contribution in [3.05, 3.63) is 65.0 Å². The number of fused-ring (bicyclic) bond motifs is 2. The summed E-state index contributed by atoms with van der Waals surface area (Å²) in [7, 11) is 0. The molecular formula is C24H22FNO6. The minimum Gasteiger partial charge on any atom is -0.493 e. The maximum Gasteiger partial charge on any atom is 0.307 e. The molecule has 0 saturated heterocycles. The highest BCUT2D eigenvalue weighted by molar-refractivity contribution is 6.17. The molecule has 0 fully saturated rings. The Bertz CT molecular complexity index is 1210. The SMILES string of the molecule is CCOc1c2c(c(OCC)c3ccc(F)cc13)C(O)N(c1ccc(CC(=O)O)cc1)C2=O. The largest absolute Gasteiger partial charge is 0.493 e. The Kier molecular flexibility index (Phi) is 5.71. The predicted octanol–water partition coefficient (Wildman–Crippen LogP) is 4.05. The Morgan fingerprint density at radius 2 is 1.69 bits per heavy atom. The van der Waals surface area contributed by atoms with E-state index in [1.807, 2.05) is 0 Å². The van der Waals surface area contributed by atoms with Gasteiger partial charge in [-0.3, -0.25) is 14.5 Å². The van der Waals surface area contributed by atoms with Crippen molar-refractivity contribution in [3.8, 4) is 11.5 Å². The fourth-order valence-electron chi connectivity index (χ4n) is 4.04. The number of halogens is 1. The van der Waals surface area contributed by atoms with Gasteiger partial charge in [-0.25, -0.2) is 4.39 Å². The van der Waals surface area contributed by atoms with Gasteiger partial charge in [-0.15, -0.1) is 0 Å². The van der Waals surface area contributed by atoms with Crippen molar-refractivity contribution in [2.45, 2.75) is 26.5 Å². The average Bonchev–Trinajstić information content (AvgIpc) is 3.01. The number of hydrogen-bond donors (Lipinski definition) is 2. The zero-order valence-electron chi connectivity index (χ0n) is 17.6. The number of aliphatic hydroxyl groups excluding tert-OH is 1. The van der Waals surface area contributed by atoms with Gasteiger partial charge in [-0.05, 0) is 49.7 Å². The van der Waals surface area contributed by atoms with Gasteiger partial charge in [0.2, 0.25) is 0 Å². The van der Waals surface area contributed by atoms with Crippen molar-refractivity contribution >= 4 is 28.3 Å². The van der Waals surface area contributed by atoms with Gasteiger partial charge in [0, 0.05) is 16.5 Å². The van der Waals surface area contributed by atoms with Crippen LogP contribution in [0.15, 0.2) is 42.5 Å². The van der Waals surface area contributed by atoms with Crippen LogP contribution >= 0.6 is 0 Å². The van der Waals surface area contributed by atoms with E-state index in [4.69, 9.17) is 14.6 Å². The number of carboxylic acid groups (broad SMARTS) is 1. The molecule has 4 rings (SSSR count). The van der Waals surface area contributed by atoms with Crippen molar-refractivity contribution in [3.63, 3.8) is 0 Å². The average molecular weight is 439 g/mol. The van der Waals surface area contributed by atoms with E-state index in [-0.39, 0.29) is 36.5 Å². The zero-order chi connectivity index (χ0) is 23.0. The highest BCUT2D eigenvalue weighted by atomic mass is 19.1. The molecule has 32 heavy (non-hydrogen) atoms. The van der Waals surface area contributed by atoms with Crippen LogP contribution in [0.5, 0.6) is 11.5 Å². The zero-order valence-corrected chi connectivity index (χ0v) is 17.6. The molecule has 3 aromatic carbocycles. The Balaban J connectivity index is 1.91. The summed E-state index contributed by atoms with van der Waals surface area (Å²) in [6.07, 6.45) is -1.52. The Morgan fingerprint density at radius 1 is 1.03 bits per heavy atom. The van der Waals surface area contributed by atoms with Crippen molar-refractivity contribution in [2.24, 2.45) is 0 Å². The molecule has 0 saturated carbocycles. The number of carbonyl (C=O) groups is 2. The summed E-state index contributed by atoms with van der Waals surface area (Å²) in [5.41, 5.74) is 1.32. The highest BCUT2D eigenvalue weighted by Crippen LogP contribution is 2.50. The fourth-order valence-corrected chi connectivity index (χ4v) is 4.04. The predicted molar refractivity (Wildman–Crippen MR) is 116 cm³/mol. The van der Waals surface area contributed by atoms with Gasteiger partial charge in [0.1, 0.15) is 17.3 Å². The van der Waals surface area contributed by atoms with Crippen LogP contribution in [0, 0.1) is 5.82 Å². The summed E-state index contributed by atoms with van der Waals surface area (Å²) in [5, 5.41) is 21.1. The summed E-state index contributed by atoms with van der Waals surface area (Å²) in [5.74, 6) is -1.49. The van der Waals surface area contributed by atoms with Crippen LogP contribution in [0.2, 0.25) is 0 Å². The topological polar surface area (TPSA) is 96.3 Å². The molecule has 166 valence electrons. The first-order valence-corrected chi connectivity index (χ1v) is 10.2. The van der Waals surface area contributed by atoms with Crippen LogP contribution in [0.3, 0.4) is 0 Å². The number of benzene rings is 3. The van der Waals surface area contributed by atoms with Crippen LogP contribution in [0.25, 0.3) is 10.8 Å². The van der Waals surface area contributed by atoms with E-state index < -0.39 is 23.9 Å². The first kappa shape index (κ1) is 21.6. The lowest BCUT2D eigenvalue weighted by Crippen LogP contribution is -2.27. The lowest BCUT2D eigenvalue weighted by atomic mass is 9.98. The number of aliphatic hydroxyl groups is 1. The van der Waals surface area contributed by atoms with Crippen LogP contribution < -0.4 is 14.4 Å². The Hall–Kier alpha value is -3.65. The third-order valence-corrected chi connectivity index (χ3v) is 5.29. The number of amides is 1. The molecule has 1 unspecified atom stereocenters. The van der Waals surface area contributed by atoms with Crippen LogP contribution in [0.1, 0.15) is 41.6 Å². The molecule has 2 N–H and O–H groups in total. The molecule has 3 aromatic rings. The molecular weight excluding hydrogens is 417 g/mol. The van der Waals surface area contributed by atoms with Gasteiger partial charge in [-0.2, -0.15) is 0 Å². The second kappa shape index (κ2) is 8.47. The number of ether oxygens (including phenoxy) is 2. The number of aliphatic carboxylic acids is 1. The van der Waals surface area contributed by atoms with Crippen molar-refractivity contribution in [1.29, 1.82) is 0 Å². The molecule has 0 bridgehead atoms. The molecule has 1 atom stereocenters. The second-order valence-electron chi connectivity index (χ2n) is 7.29. The standard InChI is InChI=1S/C24H22FNO6/c1-3-31-21-16-10-7-14(25)12-17(16)22(32-4-2)20-19(21)23(29)26(24(20)30)15-8-5-13(6-9-15)11-18(27)28/h5-10,12,23,29H,3-4,11H2,1-2H3,(H,27,28). The minimum atomic E-state index is -1.36. The van der Waals surface area contributed by atoms with Gasteiger partial charge in [0.25, 0.3) is 5.91 Å². The number of rotatable bonds is 7. The monoisotopic (exact) mass is 439 g/mol. The summed E-state index contributed by atoms with van der Waals surface area (Å²) in [4.78, 5) is 25.6. The van der Waals surface area contributed by atoms with Crippen molar-refractivity contribution in [1.82, 2.24) is 0 Å². The molecule has 8 heteroatoms. The van der Waals surface area contributed by atoms with Crippen LogP contribution in [-0.2, 0) is 11.2 Å². The summed E-state index contributed by atoms with van der Waals surface area (Å²) >= 11 is 0. The highest BCUT2D eigenvalue weighted by Gasteiger charge is 2.43. The van der Waals surface area contributed by atoms with Gasteiger partial charge in [0.05, 0.1) is 30.8 Å². The molecule has 7 nitrogen and oxygen atoms in total. The van der Waals surface area contributed by atoms with E-state index in [1.165, 1.54) is 17.0 Å². The molecule has 0 radical (unpaired) electrons. The molecule has 1 amide bonds. The number of carboxylic acids is 1. The number of carbonyl (C=O) groups excluding carboxylic acids is 1. The van der Waals surface area contributed by atoms with E-state index in [0.29, 0.717) is 27.8 Å². The van der Waals surface area contributed by atoms with E-state index in [0.717, 1.165) is 0 Å². The van der Waals surface area contributed by atoms with E-state index >= 15 is 0 Å². The Labute approximate surface area is 183 Å². The van der Waals surface area contributed by atoms with Gasteiger partial charge in [-0.1, -0.05) is 12.1 Å². The van der Waals surface area contributed by atoms with E-state index in [2.05, 4.69) is 0 Å². The third kappa shape index (κ3) is 3.52. The van der Waals surface area contributed by atoms with Crippen LogP contribution in [-0.4, -0.2) is 35.3 Å². The van der Waals surface area contributed by atoms with Crippen molar-refractivity contribution < 1.29 is 33.7 Å². The number of hydrogen-bond acceptors (Lipinski definition) is 5. The quantitative estimate of drug-likeness (QED) is 0.577. The molecule has 0 aliphatic carbocycles. The van der Waals surface area contributed by atoms with Crippen molar-refractivity contribution in [2.75, 3.05) is 18.1 Å². The third-order valence-electron chi connectivity index (χ3n) is 5.29. The lowest BCUT2D eigenvalue weighted by Gasteiger charge is -2.22. The molecule has 1 heterocycles. The number of nitrogens with zero attached hydrogens (tertiary/aromatic N) is 1.